The van der Waals surface area contributed by atoms with Gasteiger partial charge in [-0.2, -0.15) is 0 Å². The number of hydrogen-bond acceptors (Lipinski definition) is 1. The van der Waals surface area contributed by atoms with Gasteiger partial charge in [-0.1, -0.05) is 12.1 Å². The van der Waals surface area contributed by atoms with E-state index in [1.165, 1.54) is 6.07 Å². The maximum Gasteiger partial charge on any atom is 0.126 e. The first-order valence-electron chi connectivity index (χ1n) is 4.69. The van der Waals surface area contributed by atoms with Crippen LogP contribution in [-0.2, 0) is 0 Å². The summed E-state index contributed by atoms with van der Waals surface area (Å²) in [5, 5.41) is 0. The smallest absolute Gasteiger partial charge is 0.126 e. The van der Waals surface area contributed by atoms with Gasteiger partial charge in [0.25, 0.3) is 0 Å². The molecule has 0 aliphatic heterocycles. The lowest BCUT2D eigenvalue weighted by Gasteiger charge is -2.04. The largest absolute Gasteiger partial charge is 0.330 e. The second-order valence-corrected chi connectivity index (χ2v) is 3.79. The molecule has 0 heterocycles. The van der Waals surface area contributed by atoms with Crippen LogP contribution in [0.1, 0.15) is 23.5 Å². The van der Waals surface area contributed by atoms with Crippen molar-refractivity contribution in [2.45, 2.75) is 19.3 Å². The maximum absolute atomic E-state index is 13.2. The van der Waals surface area contributed by atoms with Gasteiger partial charge in [-0.15, -0.1) is 0 Å². The van der Waals surface area contributed by atoms with Gasteiger partial charge in [0.15, 0.2) is 0 Å². The van der Waals surface area contributed by atoms with Crippen LogP contribution in [0, 0.1) is 18.7 Å². The van der Waals surface area contributed by atoms with Gasteiger partial charge in [0.05, 0.1) is 0 Å². The molecule has 13 heavy (non-hydrogen) atoms. The van der Waals surface area contributed by atoms with Crippen molar-refractivity contribution in [2.24, 2.45) is 11.7 Å². The van der Waals surface area contributed by atoms with Crippen LogP contribution in [0.3, 0.4) is 0 Å². The zero-order valence-corrected chi connectivity index (χ0v) is 7.76. The van der Waals surface area contributed by atoms with E-state index in [9.17, 15) is 4.39 Å². The van der Waals surface area contributed by atoms with Crippen molar-refractivity contribution in [3.63, 3.8) is 0 Å². The molecular weight excluding hydrogens is 165 g/mol. The van der Waals surface area contributed by atoms with Crippen LogP contribution in [0.2, 0.25) is 0 Å². The lowest BCUT2D eigenvalue weighted by Crippen LogP contribution is -2.02. The number of halogens is 1. The Kier molecular flexibility index (Phi) is 2.08. The van der Waals surface area contributed by atoms with Crippen LogP contribution in [-0.4, -0.2) is 6.54 Å². The predicted octanol–water partition coefficient (Wildman–Crippen LogP) is 2.20. The molecule has 1 aliphatic rings. The minimum Gasteiger partial charge on any atom is -0.330 e. The van der Waals surface area contributed by atoms with E-state index < -0.39 is 0 Å². The normalized spacial score (nSPS) is 26.1. The fourth-order valence-corrected chi connectivity index (χ4v) is 1.91. The number of nitrogens with two attached hydrogens (primary N) is 1. The van der Waals surface area contributed by atoms with Gasteiger partial charge >= 0.3 is 0 Å². The molecule has 1 saturated carbocycles. The van der Waals surface area contributed by atoms with Crippen LogP contribution in [0.5, 0.6) is 0 Å². The highest BCUT2D eigenvalue weighted by Gasteiger charge is 2.37. The van der Waals surface area contributed by atoms with Crippen LogP contribution < -0.4 is 5.73 Å². The van der Waals surface area contributed by atoms with Crippen molar-refractivity contribution in [3.05, 3.63) is 35.1 Å². The first-order chi connectivity index (χ1) is 6.24. The molecule has 0 radical (unpaired) electrons. The Bertz CT molecular complexity index is 322. The Balaban J connectivity index is 2.27. The van der Waals surface area contributed by atoms with E-state index in [1.807, 2.05) is 13.0 Å². The van der Waals surface area contributed by atoms with Crippen LogP contribution >= 0.6 is 0 Å². The average Bonchev–Trinajstić information content (AvgIpc) is 2.89. The molecule has 0 amide bonds. The summed E-state index contributed by atoms with van der Waals surface area (Å²) in [6, 6.07) is 5.31. The van der Waals surface area contributed by atoms with E-state index >= 15 is 0 Å². The minimum atomic E-state index is -0.0971. The van der Waals surface area contributed by atoms with E-state index in [-0.39, 0.29) is 5.82 Å². The third-order valence-corrected chi connectivity index (χ3v) is 2.93. The van der Waals surface area contributed by atoms with E-state index in [4.69, 9.17) is 5.73 Å². The van der Waals surface area contributed by atoms with E-state index in [0.717, 1.165) is 24.1 Å². The minimum absolute atomic E-state index is 0.0971. The summed E-state index contributed by atoms with van der Waals surface area (Å²) in [6.07, 6.45) is 1.13. The Morgan fingerprint density at radius 2 is 2.31 bits per heavy atom. The first kappa shape index (κ1) is 8.70. The van der Waals surface area contributed by atoms with E-state index in [1.54, 1.807) is 6.07 Å². The van der Waals surface area contributed by atoms with Gasteiger partial charge in [0.2, 0.25) is 0 Å². The molecule has 2 N–H and O–H groups in total. The van der Waals surface area contributed by atoms with Crippen molar-refractivity contribution in [1.82, 2.24) is 0 Å². The van der Waals surface area contributed by atoms with Gasteiger partial charge in [-0.3, -0.25) is 0 Å². The van der Waals surface area contributed by atoms with Crippen molar-refractivity contribution in [2.75, 3.05) is 6.54 Å². The van der Waals surface area contributed by atoms with E-state index in [0.29, 0.717) is 11.8 Å². The number of hydrogen-bond donors (Lipinski definition) is 1. The molecule has 0 spiro atoms. The van der Waals surface area contributed by atoms with Gasteiger partial charge in [-0.25, -0.2) is 4.39 Å². The van der Waals surface area contributed by atoms with Crippen molar-refractivity contribution in [1.29, 1.82) is 0 Å². The number of rotatable bonds is 2. The highest BCUT2D eigenvalue weighted by molar-refractivity contribution is 5.34. The molecule has 2 heteroatoms. The standard InChI is InChI=1S/C11H14FN/c1-7-9(3-2-4-11(7)12)10-5-8(10)6-13/h2-4,8,10H,5-6,13H2,1H3/t8-,10+/m0/s1. The zero-order chi connectivity index (χ0) is 9.42. The number of benzene rings is 1. The molecule has 0 aromatic heterocycles. The SMILES string of the molecule is Cc1c(F)cccc1[C@@H]1C[C@H]1CN. The Morgan fingerprint density at radius 3 is 2.92 bits per heavy atom. The molecule has 1 aromatic rings. The Morgan fingerprint density at radius 1 is 1.54 bits per heavy atom. The van der Waals surface area contributed by atoms with Crippen molar-refractivity contribution < 1.29 is 4.39 Å². The second kappa shape index (κ2) is 3.11. The summed E-state index contributed by atoms with van der Waals surface area (Å²) >= 11 is 0. The highest BCUT2D eigenvalue weighted by atomic mass is 19.1. The molecule has 70 valence electrons. The summed E-state index contributed by atoms with van der Waals surface area (Å²) in [5.74, 6) is 1.00. The van der Waals surface area contributed by atoms with Crippen LogP contribution in [0.15, 0.2) is 18.2 Å². The lowest BCUT2D eigenvalue weighted by molar-refractivity contribution is 0.614. The Labute approximate surface area is 77.8 Å². The summed E-state index contributed by atoms with van der Waals surface area (Å²) in [5.41, 5.74) is 7.50. The fourth-order valence-electron chi connectivity index (χ4n) is 1.91. The molecule has 0 unspecified atom stereocenters. The maximum atomic E-state index is 13.2. The molecule has 2 atom stereocenters. The van der Waals surface area contributed by atoms with Crippen LogP contribution in [0.4, 0.5) is 4.39 Å². The van der Waals surface area contributed by atoms with Crippen molar-refractivity contribution in [3.8, 4) is 0 Å². The monoisotopic (exact) mass is 179 g/mol. The molecular formula is C11H14FN. The van der Waals surface area contributed by atoms with Gasteiger partial charge < -0.3 is 5.73 Å². The van der Waals surface area contributed by atoms with Crippen molar-refractivity contribution >= 4 is 0 Å². The molecule has 0 saturated heterocycles. The van der Waals surface area contributed by atoms with Gasteiger partial charge in [0.1, 0.15) is 5.82 Å². The molecule has 2 rings (SSSR count). The third-order valence-electron chi connectivity index (χ3n) is 2.93. The Hall–Kier alpha value is -0.890. The quantitative estimate of drug-likeness (QED) is 0.740. The van der Waals surface area contributed by atoms with Crippen LogP contribution in [0.25, 0.3) is 0 Å². The van der Waals surface area contributed by atoms with Gasteiger partial charge in [-0.05, 0) is 48.9 Å². The summed E-state index contributed by atoms with van der Waals surface area (Å²) in [4.78, 5) is 0. The van der Waals surface area contributed by atoms with Gasteiger partial charge in [0, 0.05) is 0 Å². The lowest BCUT2D eigenvalue weighted by atomic mass is 10.0. The first-order valence-corrected chi connectivity index (χ1v) is 4.69. The second-order valence-electron chi connectivity index (χ2n) is 3.79. The molecule has 1 fully saturated rings. The highest BCUT2D eigenvalue weighted by Crippen LogP contribution is 2.47. The van der Waals surface area contributed by atoms with E-state index in [2.05, 4.69) is 0 Å². The summed E-state index contributed by atoms with van der Waals surface area (Å²) in [7, 11) is 0. The zero-order valence-electron chi connectivity index (χ0n) is 7.76. The topological polar surface area (TPSA) is 26.0 Å². The summed E-state index contributed by atoms with van der Waals surface area (Å²) < 4.78 is 13.2. The molecule has 1 aliphatic carbocycles. The fraction of sp³-hybridized carbons (Fsp3) is 0.455. The molecule has 1 aromatic carbocycles. The third kappa shape index (κ3) is 1.46. The summed E-state index contributed by atoms with van der Waals surface area (Å²) in [6.45, 7) is 2.57. The predicted molar refractivity (Wildman–Crippen MR) is 51.0 cm³/mol. The molecule has 1 nitrogen and oxygen atoms in total. The average molecular weight is 179 g/mol. The molecule has 0 bridgehead atoms.